The number of nitrogens with one attached hydrogen (secondary N) is 1. The lowest BCUT2D eigenvalue weighted by Gasteiger charge is -2.07. The normalized spacial score (nSPS) is 10.4. The first-order chi connectivity index (χ1) is 9.45. The van der Waals surface area contributed by atoms with E-state index in [2.05, 4.69) is 26.2 Å². The van der Waals surface area contributed by atoms with Gasteiger partial charge in [-0.1, -0.05) is 27.5 Å². The minimum absolute atomic E-state index is 0.112. The number of carbonyl (C=O) groups excluding carboxylic acids is 1. The molecular weight excluding hydrogens is 364 g/mol. The van der Waals surface area contributed by atoms with Crippen molar-refractivity contribution in [3.8, 4) is 5.75 Å². The number of aromatic nitrogens is 1. The number of hydrogen-bond acceptors (Lipinski definition) is 4. The number of nitrogens with zero attached hydrogens (tertiary/aromatic N) is 1. The second kappa shape index (κ2) is 6.56. The van der Waals surface area contributed by atoms with Crippen LogP contribution < -0.4 is 10.1 Å². The summed E-state index contributed by atoms with van der Waals surface area (Å²) < 4.78 is 6.23. The van der Waals surface area contributed by atoms with Crippen LogP contribution in [0.4, 0.5) is 5.13 Å². The van der Waals surface area contributed by atoms with E-state index in [-0.39, 0.29) is 12.5 Å². The number of hydrogen-bond donors (Lipinski definition) is 1. The number of ether oxygens (including phenoxy) is 1. The maximum Gasteiger partial charge on any atom is 0.264 e. The van der Waals surface area contributed by atoms with E-state index >= 15 is 0 Å². The highest BCUT2D eigenvalue weighted by Gasteiger charge is 2.10. The Hall–Kier alpha value is -1.11. The van der Waals surface area contributed by atoms with Crippen LogP contribution in [0.15, 0.2) is 22.7 Å². The molecule has 1 N–H and O–H groups in total. The molecule has 1 aromatic carbocycles. The molecule has 0 spiro atoms. The summed E-state index contributed by atoms with van der Waals surface area (Å²) in [6.45, 7) is 3.75. The SMILES string of the molecule is Cc1nc(NC(=O)COc2ccc(Br)cc2Cl)sc1C. The van der Waals surface area contributed by atoms with Crippen LogP contribution in [0.3, 0.4) is 0 Å². The van der Waals surface area contributed by atoms with Crippen molar-refractivity contribution in [2.45, 2.75) is 13.8 Å². The van der Waals surface area contributed by atoms with E-state index in [1.54, 1.807) is 18.2 Å². The standard InChI is InChI=1S/C13H12BrClN2O2S/c1-7-8(2)20-13(16-7)17-12(18)6-19-11-4-3-9(14)5-10(11)15/h3-5H,6H2,1-2H3,(H,16,17,18). The van der Waals surface area contributed by atoms with Crippen molar-refractivity contribution in [3.63, 3.8) is 0 Å². The molecule has 106 valence electrons. The zero-order valence-electron chi connectivity index (χ0n) is 10.9. The van der Waals surface area contributed by atoms with Gasteiger partial charge in [-0.25, -0.2) is 4.98 Å². The molecule has 0 radical (unpaired) electrons. The molecule has 0 bridgehead atoms. The van der Waals surface area contributed by atoms with Gasteiger partial charge in [-0.05, 0) is 32.0 Å². The zero-order valence-corrected chi connectivity index (χ0v) is 14.0. The number of anilines is 1. The number of carbonyl (C=O) groups is 1. The van der Waals surface area contributed by atoms with Gasteiger partial charge >= 0.3 is 0 Å². The van der Waals surface area contributed by atoms with E-state index in [0.717, 1.165) is 15.0 Å². The predicted molar refractivity (Wildman–Crippen MR) is 84.9 cm³/mol. The Bertz CT molecular complexity index is 626. The highest BCUT2D eigenvalue weighted by atomic mass is 79.9. The van der Waals surface area contributed by atoms with Crippen LogP contribution in [0, 0.1) is 13.8 Å². The number of rotatable bonds is 4. The van der Waals surface area contributed by atoms with E-state index in [1.807, 2.05) is 13.8 Å². The smallest absolute Gasteiger partial charge is 0.264 e. The lowest BCUT2D eigenvalue weighted by molar-refractivity contribution is -0.118. The van der Waals surface area contributed by atoms with Crippen molar-refractivity contribution in [3.05, 3.63) is 38.3 Å². The number of aryl methyl sites for hydroxylation is 2. The van der Waals surface area contributed by atoms with Gasteiger partial charge in [-0.15, -0.1) is 11.3 Å². The average molecular weight is 376 g/mol. The molecule has 7 heteroatoms. The molecule has 0 saturated heterocycles. The third kappa shape index (κ3) is 3.94. The van der Waals surface area contributed by atoms with E-state index in [4.69, 9.17) is 16.3 Å². The van der Waals surface area contributed by atoms with Gasteiger partial charge in [0.25, 0.3) is 5.91 Å². The number of halogens is 2. The van der Waals surface area contributed by atoms with Gasteiger partial charge < -0.3 is 4.74 Å². The molecule has 1 aromatic heterocycles. The van der Waals surface area contributed by atoms with Crippen molar-refractivity contribution in [1.29, 1.82) is 0 Å². The van der Waals surface area contributed by atoms with E-state index in [0.29, 0.717) is 15.9 Å². The van der Waals surface area contributed by atoms with Crippen LogP contribution in [-0.2, 0) is 4.79 Å². The lowest BCUT2D eigenvalue weighted by Crippen LogP contribution is -2.20. The molecule has 1 amide bonds. The van der Waals surface area contributed by atoms with Crippen molar-refractivity contribution in [2.75, 3.05) is 11.9 Å². The Kier molecular flexibility index (Phi) is 5.01. The lowest BCUT2D eigenvalue weighted by atomic mass is 10.3. The molecule has 1 heterocycles. The fourth-order valence-electron chi connectivity index (χ4n) is 1.42. The molecule has 2 aromatic rings. The maximum absolute atomic E-state index is 11.8. The minimum atomic E-state index is -0.266. The van der Waals surface area contributed by atoms with Crippen LogP contribution in [0.5, 0.6) is 5.75 Å². The molecule has 20 heavy (non-hydrogen) atoms. The summed E-state index contributed by atoms with van der Waals surface area (Å²) in [5, 5.41) is 3.73. The molecule has 0 aliphatic heterocycles. The van der Waals surface area contributed by atoms with Crippen LogP contribution >= 0.6 is 38.9 Å². The summed E-state index contributed by atoms with van der Waals surface area (Å²) in [7, 11) is 0. The van der Waals surface area contributed by atoms with Crippen molar-refractivity contribution < 1.29 is 9.53 Å². The van der Waals surface area contributed by atoms with Gasteiger partial charge in [-0.3, -0.25) is 10.1 Å². The molecule has 0 atom stereocenters. The first-order valence-corrected chi connectivity index (χ1v) is 7.76. The Morgan fingerprint density at radius 2 is 2.25 bits per heavy atom. The Morgan fingerprint density at radius 1 is 1.50 bits per heavy atom. The highest BCUT2D eigenvalue weighted by molar-refractivity contribution is 9.10. The number of benzene rings is 1. The van der Waals surface area contributed by atoms with Gasteiger partial charge in [0, 0.05) is 9.35 Å². The first-order valence-electron chi connectivity index (χ1n) is 5.77. The van der Waals surface area contributed by atoms with Crippen LogP contribution in [-0.4, -0.2) is 17.5 Å². The van der Waals surface area contributed by atoms with Crippen LogP contribution in [0.25, 0.3) is 0 Å². The van der Waals surface area contributed by atoms with Gasteiger partial charge in [-0.2, -0.15) is 0 Å². The summed E-state index contributed by atoms with van der Waals surface area (Å²) >= 11 is 10.7. The summed E-state index contributed by atoms with van der Waals surface area (Å²) in [6, 6.07) is 5.21. The predicted octanol–water partition coefficient (Wildman–Crippen LogP) is 4.19. The summed E-state index contributed by atoms with van der Waals surface area (Å²) in [5.41, 5.74) is 0.919. The van der Waals surface area contributed by atoms with Crippen LogP contribution in [0.1, 0.15) is 10.6 Å². The molecule has 0 unspecified atom stereocenters. The summed E-state index contributed by atoms with van der Waals surface area (Å²) in [5.74, 6) is 0.203. The summed E-state index contributed by atoms with van der Waals surface area (Å²) in [4.78, 5) is 17.1. The topological polar surface area (TPSA) is 51.2 Å². The van der Waals surface area contributed by atoms with Gasteiger partial charge in [0.2, 0.25) is 0 Å². The molecule has 0 aliphatic rings. The molecule has 2 rings (SSSR count). The van der Waals surface area contributed by atoms with Gasteiger partial charge in [0.1, 0.15) is 5.75 Å². The van der Waals surface area contributed by atoms with Crippen LogP contribution in [0.2, 0.25) is 5.02 Å². The monoisotopic (exact) mass is 374 g/mol. The number of thiazole rings is 1. The second-order valence-electron chi connectivity index (χ2n) is 4.07. The first kappa shape index (κ1) is 15.3. The highest BCUT2D eigenvalue weighted by Crippen LogP contribution is 2.27. The second-order valence-corrected chi connectivity index (χ2v) is 6.60. The molecule has 4 nitrogen and oxygen atoms in total. The quantitative estimate of drug-likeness (QED) is 0.871. The fourth-order valence-corrected chi connectivity index (χ4v) is 2.98. The molecular formula is C13H12BrClN2O2S. The summed E-state index contributed by atoms with van der Waals surface area (Å²) in [6.07, 6.45) is 0. The maximum atomic E-state index is 11.8. The Morgan fingerprint density at radius 3 is 2.85 bits per heavy atom. The Balaban J connectivity index is 1.92. The fraction of sp³-hybridized carbons (Fsp3) is 0.231. The van der Waals surface area contributed by atoms with E-state index < -0.39 is 0 Å². The van der Waals surface area contributed by atoms with E-state index in [9.17, 15) is 4.79 Å². The zero-order chi connectivity index (χ0) is 14.7. The van der Waals surface area contributed by atoms with E-state index in [1.165, 1.54) is 11.3 Å². The van der Waals surface area contributed by atoms with Crippen molar-refractivity contribution in [2.24, 2.45) is 0 Å². The third-order valence-corrected chi connectivity index (χ3v) is 4.30. The number of amides is 1. The van der Waals surface area contributed by atoms with Gasteiger partial charge in [0.15, 0.2) is 11.7 Å². The molecule has 0 saturated carbocycles. The van der Waals surface area contributed by atoms with Gasteiger partial charge in [0.05, 0.1) is 10.7 Å². The largest absolute Gasteiger partial charge is 0.482 e. The van der Waals surface area contributed by atoms with Crippen molar-refractivity contribution >= 4 is 49.9 Å². The molecule has 0 fully saturated rings. The van der Waals surface area contributed by atoms with Crippen molar-refractivity contribution in [1.82, 2.24) is 4.98 Å². The third-order valence-electron chi connectivity index (χ3n) is 2.53. The average Bonchev–Trinajstić information content (AvgIpc) is 2.67. The molecule has 0 aliphatic carbocycles. The Labute approximate surface area is 134 Å². The minimum Gasteiger partial charge on any atom is -0.482 e.